The van der Waals surface area contributed by atoms with Crippen LogP contribution in [0, 0.1) is 0 Å². The van der Waals surface area contributed by atoms with Gasteiger partial charge in [0.15, 0.2) is 6.04 Å². The molecule has 0 aliphatic carbocycles. The third-order valence-electron chi connectivity index (χ3n) is 5.80. The Labute approximate surface area is 176 Å². The zero-order valence-electron chi connectivity index (χ0n) is 16.5. The molecule has 0 unspecified atom stereocenters. The van der Waals surface area contributed by atoms with Gasteiger partial charge >= 0.3 is 5.97 Å². The van der Waals surface area contributed by atoms with E-state index in [9.17, 15) is 19.5 Å². The predicted molar refractivity (Wildman–Crippen MR) is 108 cm³/mol. The molecular formula is C22H20N2O7. The maximum Gasteiger partial charge on any atom is 0.332 e. The number of carboxylic acids is 1. The van der Waals surface area contributed by atoms with E-state index >= 15 is 0 Å². The average molecular weight is 424 g/mol. The highest BCUT2D eigenvalue weighted by molar-refractivity contribution is 6.07. The second kappa shape index (κ2) is 7.36. The summed E-state index contributed by atoms with van der Waals surface area (Å²) in [6.07, 6.45) is 0.270. The molecule has 9 nitrogen and oxygen atoms in total. The Bertz CT molecular complexity index is 1200. The van der Waals surface area contributed by atoms with Crippen molar-refractivity contribution in [3.8, 4) is 0 Å². The van der Waals surface area contributed by atoms with Gasteiger partial charge in [-0.15, -0.1) is 0 Å². The van der Waals surface area contributed by atoms with Crippen molar-refractivity contribution in [2.24, 2.45) is 0 Å². The summed E-state index contributed by atoms with van der Waals surface area (Å²) in [4.78, 5) is 38.3. The van der Waals surface area contributed by atoms with Gasteiger partial charge in [-0.2, -0.15) is 0 Å². The summed E-state index contributed by atoms with van der Waals surface area (Å²) in [5.74, 6) is -3.47. The van der Waals surface area contributed by atoms with Gasteiger partial charge in [-0.3, -0.25) is 9.59 Å². The minimum Gasteiger partial charge on any atom is -0.480 e. The number of nitrogens with one attached hydrogen (secondary N) is 1. The van der Waals surface area contributed by atoms with Gasteiger partial charge in [0.2, 0.25) is 11.7 Å². The highest BCUT2D eigenvalue weighted by Gasteiger charge is 2.57. The van der Waals surface area contributed by atoms with E-state index in [1.54, 1.807) is 18.2 Å². The fourth-order valence-electron chi connectivity index (χ4n) is 4.37. The zero-order chi connectivity index (χ0) is 21.6. The Kier molecular flexibility index (Phi) is 4.64. The molecule has 1 spiro atoms. The van der Waals surface area contributed by atoms with Gasteiger partial charge in [-0.25, -0.2) is 4.79 Å². The lowest BCUT2D eigenvalue weighted by Crippen LogP contribution is -2.54. The number of amides is 2. The van der Waals surface area contributed by atoms with Crippen LogP contribution >= 0.6 is 0 Å². The van der Waals surface area contributed by atoms with E-state index < -0.39 is 29.6 Å². The Morgan fingerprint density at radius 1 is 1.06 bits per heavy atom. The molecule has 5 rings (SSSR count). The molecule has 2 aliphatic rings. The molecule has 2 saturated heterocycles. The molecule has 2 amide bonds. The summed E-state index contributed by atoms with van der Waals surface area (Å²) in [5, 5.41) is 14.0. The van der Waals surface area contributed by atoms with Crippen LogP contribution in [0.1, 0.15) is 16.8 Å². The van der Waals surface area contributed by atoms with E-state index in [1.165, 1.54) is 4.90 Å². The molecule has 9 heteroatoms. The van der Waals surface area contributed by atoms with E-state index in [2.05, 4.69) is 5.32 Å². The van der Waals surface area contributed by atoms with Crippen LogP contribution in [0.4, 0.5) is 0 Å². The van der Waals surface area contributed by atoms with Crippen LogP contribution < -0.4 is 5.32 Å². The van der Waals surface area contributed by atoms with Crippen LogP contribution in [0.3, 0.4) is 0 Å². The molecule has 2 aliphatic heterocycles. The Hall–Kier alpha value is -3.43. The smallest absolute Gasteiger partial charge is 0.332 e. The average Bonchev–Trinajstić information content (AvgIpc) is 3.48. The normalized spacial score (nSPS) is 20.0. The molecule has 31 heavy (non-hydrogen) atoms. The number of nitrogens with zero attached hydrogens (tertiary/aromatic N) is 1. The first-order chi connectivity index (χ1) is 15.0. The molecule has 2 aromatic carbocycles. The van der Waals surface area contributed by atoms with Crippen molar-refractivity contribution in [1.82, 2.24) is 10.2 Å². The maximum atomic E-state index is 12.7. The van der Waals surface area contributed by atoms with Crippen molar-refractivity contribution in [3.63, 3.8) is 0 Å². The number of likely N-dealkylation sites (tertiary alicyclic amines) is 1. The van der Waals surface area contributed by atoms with Crippen molar-refractivity contribution in [2.45, 2.75) is 18.2 Å². The Morgan fingerprint density at radius 3 is 2.58 bits per heavy atom. The van der Waals surface area contributed by atoms with Gasteiger partial charge < -0.3 is 29.2 Å². The summed E-state index contributed by atoms with van der Waals surface area (Å²) in [6.45, 7) is 0.410. The second-order valence-electron chi connectivity index (χ2n) is 7.58. The molecule has 3 heterocycles. The quantitative estimate of drug-likeness (QED) is 0.655. The molecule has 160 valence electrons. The summed E-state index contributed by atoms with van der Waals surface area (Å²) in [7, 11) is 0. The molecule has 3 aromatic rings. The van der Waals surface area contributed by atoms with E-state index in [4.69, 9.17) is 13.9 Å². The minimum absolute atomic E-state index is 0.177. The number of benzene rings is 2. The molecule has 1 aromatic heterocycles. The summed E-state index contributed by atoms with van der Waals surface area (Å²) < 4.78 is 16.8. The largest absolute Gasteiger partial charge is 0.480 e. The third kappa shape index (κ3) is 3.22. The van der Waals surface area contributed by atoms with Crippen molar-refractivity contribution in [2.75, 3.05) is 26.3 Å². The lowest BCUT2D eigenvalue weighted by atomic mass is 10.1. The number of carbonyl (C=O) groups excluding carboxylic acids is 2. The highest BCUT2D eigenvalue weighted by atomic mass is 16.7. The molecule has 1 atom stereocenters. The topological polar surface area (TPSA) is 118 Å². The highest BCUT2D eigenvalue weighted by Crippen LogP contribution is 2.36. The van der Waals surface area contributed by atoms with Crippen LogP contribution in [0.25, 0.3) is 21.9 Å². The molecule has 0 radical (unpaired) electrons. The van der Waals surface area contributed by atoms with Gasteiger partial charge in [0.1, 0.15) is 11.2 Å². The summed E-state index contributed by atoms with van der Waals surface area (Å²) in [5.41, 5.74) is 1.64. The van der Waals surface area contributed by atoms with Crippen molar-refractivity contribution in [3.05, 3.63) is 48.0 Å². The maximum absolute atomic E-state index is 12.7. The number of hydrogen-bond acceptors (Lipinski definition) is 6. The standard InChI is InChI=1S/C22H20N2O7/c25-18(24-8-7-22(19(24)21(27)28)29-9-10-30-22)12-23-20(26)13-5-6-15-14-3-1-2-4-16(14)31-17(15)11-13/h1-6,11,19H,7-10,12H2,(H,23,26)(H,27,28)/t19-/m1/s1. The first-order valence-electron chi connectivity index (χ1n) is 9.98. The van der Waals surface area contributed by atoms with E-state index in [0.717, 1.165) is 16.4 Å². The van der Waals surface area contributed by atoms with E-state index in [1.807, 2.05) is 24.3 Å². The van der Waals surface area contributed by atoms with Crippen LogP contribution in [0.15, 0.2) is 46.9 Å². The molecule has 0 saturated carbocycles. The molecular weight excluding hydrogens is 404 g/mol. The van der Waals surface area contributed by atoms with Gasteiger partial charge in [-0.05, 0) is 24.3 Å². The fourth-order valence-corrected chi connectivity index (χ4v) is 4.37. The second-order valence-corrected chi connectivity index (χ2v) is 7.58. The number of carboxylic acid groups (broad SMARTS) is 1. The zero-order valence-corrected chi connectivity index (χ0v) is 16.5. The molecule has 2 N–H and O–H groups in total. The van der Waals surface area contributed by atoms with Crippen molar-refractivity contribution in [1.29, 1.82) is 0 Å². The van der Waals surface area contributed by atoms with Gasteiger partial charge in [0.05, 0.1) is 19.8 Å². The number of para-hydroxylation sites is 1. The van der Waals surface area contributed by atoms with Crippen LogP contribution in [0.2, 0.25) is 0 Å². The Morgan fingerprint density at radius 2 is 1.81 bits per heavy atom. The number of ether oxygens (including phenoxy) is 2. The number of aliphatic carboxylic acids is 1. The number of carbonyl (C=O) groups is 3. The predicted octanol–water partition coefficient (Wildman–Crippen LogP) is 1.74. The van der Waals surface area contributed by atoms with Crippen molar-refractivity contribution >= 4 is 39.7 Å². The number of rotatable bonds is 4. The SMILES string of the molecule is O=C(NCC(=O)N1CCC2(OCCO2)[C@H]1C(=O)O)c1ccc2c(c1)oc1ccccc12. The first kappa shape index (κ1) is 19.5. The van der Waals surface area contributed by atoms with Crippen LogP contribution in [-0.4, -0.2) is 65.9 Å². The van der Waals surface area contributed by atoms with Crippen LogP contribution in [-0.2, 0) is 19.1 Å². The minimum atomic E-state index is -1.31. The van der Waals surface area contributed by atoms with E-state index in [0.29, 0.717) is 11.1 Å². The lowest BCUT2D eigenvalue weighted by Gasteiger charge is -2.30. The fraction of sp³-hybridized carbons (Fsp3) is 0.318. The Balaban J connectivity index is 1.29. The van der Waals surface area contributed by atoms with Gasteiger partial charge in [0.25, 0.3) is 5.91 Å². The van der Waals surface area contributed by atoms with Crippen molar-refractivity contribution < 1.29 is 33.4 Å². The summed E-state index contributed by atoms with van der Waals surface area (Å²) in [6, 6.07) is 11.4. The number of hydrogen-bond donors (Lipinski definition) is 2. The monoisotopic (exact) mass is 424 g/mol. The van der Waals surface area contributed by atoms with Gasteiger partial charge in [-0.1, -0.05) is 18.2 Å². The number of furan rings is 1. The molecule has 0 bridgehead atoms. The first-order valence-corrected chi connectivity index (χ1v) is 9.98. The van der Waals surface area contributed by atoms with Gasteiger partial charge in [0, 0.05) is 29.3 Å². The summed E-state index contributed by atoms with van der Waals surface area (Å²) >= 11 is 0. The third-order valence-corrected chi connectivity index (χ3v) is 5.80. The lowest BCUT2D eigenvalue weighted by molar-refractivity contribution is -0.191. The van der Waals surface area contributed by atoms with E-state index in [-0.39, 0.29) is 32.7 Å². The number of fused-ring (bicyclic) bond motifs is 3. The molecule has 2 fully saturated rings. The van der Waals surface area contributed by atoms with Crippen LogP contribution in [0.5, 0.6) is 0 Å².